The zero-order valence-corrected chi connectivity index (χ0v) is 47.4. The molecular weight excluding hydrogens is 1290 g/mol. The topological polar surface area (TPSA) is 548 Å². The fraction of sp³-hybridized carbons (Fsp3) is 0.122. The molecule has 2 heterocycles. The number of nitrogens with zero attached hydrogens (tertiary/aromatic N) is 7. The summed E-state index contributed by atoms with van der Waals surface area (Å²) in [6.07, 6.45) is -1.33. The van der Waals surface area contributed by atoms with Gasteiger partial charge in [-0.25, -0.2) is 10.5 Å². The number of rotatable bonds is 21. The Morgan fingerprint density at radius 3 is 1.87 bits per heavy atom. The first-order valence-corrected chi connectivity index (χ1v) is 32.6. The average Bonchev–Trinajstić information content (AvgIpc) is 0.903. The number of azo groups is 2. The molecule has 0 spiro atoms. The Kier molecular flexibility index (Phi) is 17.7. The van der Waals surface area contributed by atoms with E-state index in [1.165, 1.54) is 0 Å². The Labute approximate surface area is 480 Å². The van der Waals surface area contributed by atoms with Gasteiger partial charge in [0.15, 0.2) is 5.75 Å². The summed E-state index contributed by atoms with van der Waals surface area (Å²) < 4.78 is 198. The smallest absolute Gasteiger partial charge is 0.315 e. The molecule has 34 nitrogen and oxygen atoms in total. The third kappa shape index (κ3) is 13.5. The molecule has 6 aromatic carbocycles. The molecule has 2 unspecified atom stereocenters. The second-order valence-electron chi connectivity index (χ2n) is 17.0. The Balaban J connectivity index is 1.17. The number of nitrogens with one attached hydrogen (secondary N) is 3. The van der Waals surface area contributed by atoms with Gasteiger partial charge in [0.2, 0.25) is 17.8 Å². The van der Waals surface area contributed by atoms with Gasteiger partial charge >= 0.3 is 6.08 Å². The summed E-state index contributed by atoms with van der Waals surface area (Å²) in [5.74, 6) is -3.78. The number of hydrogen-bond donors (Lipinski definition) is 13. The maximum atomic E-state index is 15.3. The molecule has 0 saturated carbocycles. The maximum Gasteiger partial charge on any atom is 0.315 e. The van der Waals surface area contributed by atoms with Crippen LogP contribution in [0, 0.1) is 6.08 Å². The standard InChI is InChI=1S/C41H35ClFN11O23S7/c42-6-8-79(76-59)7-5-29(79)38(57)45-19-2-4-28(82(66,67)68)24(13-19)52-53-35-27(78-77-75-58)11-17-9-21(80(60,61)62)15-25(32(17)37(35)56)47-41-49-39(43)48-40(50-41)46-20-1-3-23(30(14-20)83(69,70)71)51-54-36-33-18(12-31(34(36)44)84(72,73)74)10-22(16-26(33)55)81(63,64)65/h1-4,9-16,29,55-56,58-59H,5-8,44H2,(H,45,57)(H,60,61,62)(H,63,64,65)(H,66,67,68)(H,69,70,71)(H,72,73,74)(H2,46,47,48,49,50). The van der Waals surface area contributed by atoms with Crippen LogP contribution in [0.5, 0.6) is 11.5 Å². The Bertz CT molecular complexity index is 4550. The van der Waals surface area contributed by atoms with Crippen molar-refractivity contribution in [3.8, 4) is 11.5 Å². The lowest BCUT2D eigenvalue weighted by molar-refractivity contribution is -0.432. The van der Waals surface area contributed by atoms with Gasteiger partial charge < -0.3 is 31.9 Å². The first-order valence-electron chi connectivity index (χ1n) is 22.2. The van der Waals surface area contributed by atoms with Crippen molar-refractivity contribution in [3.05, 3.63) is 78.9 Å². The van der Waals surface area contributed by atoms with Gasteiger partial charge in [0.1, 0.15) is 43.2 Å². The van der Waals surface area contributed by atoms with Crippen molar-refractivity contribution in [3.63, 3.8) is 0 Å². The van der Waals surface area contributed by atoms with Gasteiger partial charge in [0, 0.05) is 40.2 Å². The molecule has 1 aromatic heterocycles. The fourth-order valence-electron chi connectivity index (χ4n) is 8.09. The largest absolute Gasteiger partial charge is 0.507 e. The number of benzene rings is 6. The van der Waals surface area contributed by atoms with Crippen molar-refractivity contribution < 1.29 is 108 Å². The number of hydrogen-bond acceptors (Lipinski definition) is 29. The molecule has 0 aliphatic carbocycles. The SMILES string of the molecule is Nc1c(S(=O)(=O)O)cc2cc(S(=O)(=O)O)cc(O)c2c1N=Nc1ccc(Nc2nc(F)nc(Nc3cc(S(=O)(=O)O)cc4cc(SOOO)c(N=Nc5cc(NC(=O)C6CCS6(CCCl)OO)ccc5S(=O)(=O)O)c(O)c34)n2)cc1S(=O)(=O)O. The highest BCUT2D eigenvalue weighted by Gasteiger charge is 2.48. The van der Waals surface area contributed by atoms with Gasteiger partial charge in [-0.1, -0.05) is 15.3 Å². The third-order valence-corrected chi connectivity index (χ3v) is 20.8. The number of aromatic nitrogens is 3. The van der Waals surface area contributed by atoms with Gasteiger partial charge in [-0.3, -0.25) is 27.6 Å². The number of carbonyl (C=O) groups is 1. The van der Waals surface area contributed by atoms with Crippen LogP contribution >= 0.6 is 34.0 Å². The molecule has 1 aliphatic heterocycles. The van der Waals surface area contributed by atoms with Crippen LogP contribution in [0.25, 0.3) is 21.5 Å². The van der Waals surface area contributed by atoms with Gasteiger partial charge in [0.25, 0.3) is 50.6 Å². The second kappa shape index (κ2) is 23.7. The molecule has 2 atom stereocenters. The highest BCUT2D eigenvalue weighted by atomic mass is 35.5. The van der Waals surface area contributed by atoms with Crippen molar-refractivity contribution in [1.82, 2.24) is 15.0 Å². The number of carbonyl (C=O) groups excluding carboxylic acids is 1. The number of fused-ring (bicyclic) bond motifs is 2. The Morgan fingerprint density at radius 1 is 0.690 bits per heavy atom. The van der Waals surface area contributed by atoms with Gasteiger partial charge in [0.05, 0.1) is 48.7 Å². The highest BCUT2D eigenvalue weighted by Crippen LogP contribution is 2.63. The van der Waals surface area contributed by atoms with E-state index in [9.17, 15) is 85.1 Å². The number of aromatic hydroxyl groups is 2. The van der Waals surface area contributed by atoms with Crippen molar-refractivity contribution >= 4 is 169 Å². The molecule has 7 aromatic rings. The zero-order chi connectivity index (χ0) is 61.6. The molecule has 84 heavy (non-hydrogen) atoms. The first kappa shape index (κ1) is 62.8. The maximum absolute atomic E-state index is 15.3. The molecule has 0 radical (unpaired) electrons. The predicted octanol–water partition coefficient (Wildman–Crippen LogP) is 7.45. The van der Waals surface area contributed by atoms with Crippen molar-refractivity contribution in [2.75, 3.05) is 39.1 Å². The van der Waals surface area contributed by atoms with E-state index >= 15 is 4.39 Å². The molecule has 43 heteroatoms. The summed E-state index contributed by atoms with van der Waals surface area (Å²) >= 11 is 5.95. The summed E-state index contributed by atoms with van der Waals surface area (Å²) in [6, 6.07) is 9.53. The van der Waals surface area contributed by atoms with Crippen LogP contribution in [-0.4, -0.2) is 129 Å². The molecule has 1 amide bonds. The number of phenols is 2. The van der Waals surface area contributed by atoms with Crippen LogP contribution in [-0.2, 0) is 69.1 Å². The fourth-order valence-corrected chi connectivity index (χ4v) is 14.8. The van der Waals surface area contributed by atoms with E-state index < -0.39 is 187 Å². The minimum absolute atomic E-state index is 0.0508. The van der Waals surface area contributed by atoms with Gasteiger partial charge in [-0.2, -0.15) is 65.8 Å². The van der Waals surface area contributed by atoms with E-state index in [1.807, 2.05) is 0 Å². The van der Waals surface area contributed by atoms with Gasteiger partial charge in [-0.15, -0.1) is 36.4 Å². The Hall–Kier alpha value is -7.21. The summed E-state index contributed by atoms with van der Waals surface area (Å²) in [4.78, 5) is 18.8. The first-order chi connectivity index (χ1) is 39.1. The van der Waals surface area contributed by atoms with Crippen LogP contribution in [0.2, 0.25) is 0 Å². The monoisotopic (exact) mass is 1330 g/mol. The van der Waals surface area contributed by atoms with Crippen molar-refractivity contribution in [1.29, 1.82) is 0 Å². The van der Waals surface area contributed by atoms with Gasteiger partial charge in [-0.05, 0) is 83.9 Å². The zero-order valence-electron chi connectivity index (χ0n) is 40.9. The van der Waals surface area contributed by atoms with Crippen molar-refractivity contribution in [2.24, 2.45) is 20.5 Å². The minimum atomic E-state index is -5.37. The lowest BCUT2D eigenvalue weighted by Gasteiger charge is -2.49. The summed E-state index contributed by atoms with van der Waals surface area (Å²) in [5, 5.41) is 64.8. The lowest BCUT2D eigenvalue weighted by Crippen LogP contribution is -2.45. The summed E-state index contributed by atoms with van der Waals surface area (Å²) in [6.45, 7) is 0. The normalized spacial score (nSPS) is 16.9. The number of nitrogens with two attached hydrogens (primary N) is 1. The van der Waals surface area contributed by atoms with Crippen LogP contribution < -0.4 is 21.7 Å². The molecule has 1 aliphatic rings. The molecule has 14 N–H and O–H groups in total. The number of alkyl halides is 1. The predicted molar refractivity (Wildman–Crippen MR) is 292 cm³/mol. The van der Waals surface area contributed by atoms with E-state index in [4.69, 9.17) is 26.9 Å². The second-order valence-corrected chi connectivity index (χ2v) is 28.4. The van der Waals surface area contributed by atoms with Crippen LogP contribution in [0.3, 0.4) is 0 Å². The molecule has 8 rings (SSSR count). The number of amides is 1. The number of halogens is 2. The van der Waals surface area contributed by atoms with E-state index in [1.54, 1.807) is 0 Å². The highest BCUT2D eigenvalue weighted by molar-refractivity contribution is 8.31. The van der Waals surface area contributed by atoms with Crippen LogP contribution in [0.1, 0.15) is 6.42 Å². The quantitative estimate of drug-likeness (QED) is 0.00631. The number of nitrogen functional groups attached to an aromatic ring is 1. The number of phenolic OH excluding ortho intramolecular Hbond substituents is 2. The van der Waals surface area contributed by atoms with Crippen molar-refractivity contribution in [2.45, 2.75) is 41.0 Å². The van der Waals surface area contributed by atoms with Crippen LogP contribution in [0.15, 0.2) is 123 Å². The Morgan fingerprint density at radius 2 is 1.29 bits per heavy atom. The van der Waals surface area contributed by atoms with E-state index in [0.29, 0.717) is 36.1 Å². The molecule has 1 fully saturated rings. The lowest BCUT2D eigenvalue weighted by atomic mass is 10.1. The molecular formula is C41H35ClFN11O23S7. The molecule has 1 saturated heterocycles. The van der Waals surface area contributed by atoms with E-state index in [0.717, 1.165) is 42.5 Å². The van der Waals surface area contributed by atoms with Crippen LogP contribution in [0.4, 0.5) is 61.8 Å². The molecule has 0 bridgehead atoms. The number of anilines is 6. The summed E-state index contributed by atoms with van der Waals surface area (Å²) in [7, 11) is -28.3. The van der Waals surface area contributed by atoms with E-state index in [-0.39, 0.29) is 41.2 Å². The summed E-state index contributed by atoms with van der Waals surface area (Å²) in [5.41, 5.74) is 0.918. The minimum Gasteiger partial charge on any atom is -0.507 e. The van der Waals surface area contributed by atoms with E-state index in [2.05, 4.69) is 60.7 Å². The molecule has 448 valence electrons. The third-order valence-electron chi connectivity index (χ3n) is 11.8. The average molecular weight is 1330 g/mol.